The van der Waals surface area contributed by atoms with Gasteiger partial charge >= 0.3 is 0 Å². The number of hydrogen-bond donors (Lipinski definition) is 2. The van der Waals surface area contributed by atoms with Crippen molar-refractivity contribution in [2.24, 2.45) is 0 Å². The van der Waals surface area contributed by atoms with Crippen LogP contribution in [0.25, 0.3) is 0 Å². The van der Waals surface area contributed by atoms with Crippen LogP contribution in [0.15, 0.2) is 30.6 Å². The van der Waals surface area contributed by atoms with Crippen molar-refractivity contribution in [2.45, 2.75) is 26.2 Å². The first kappa shape index (κ1) is 17.1. The average Bonchev–Trinajstić information content (AvgIpc) is 2.55. The van der Waals surface area contributed by atoms with Gasteiger partial charge in [-0.1, -0.05) is 31.4 Å². The summed E-state index contributed by atoms with van der Waals surface area (Å²) in [6.07, 6.45) is 6.22. The summed E-state index contributed by atoms with van der Waals surface area (Å²) in [7, 11) is 0. The minimum atomic E-state index is -0.536. The Morgan fingerprint density at radius 2 is 2.00 bits per heavy atom. The Balaban J connectivity index is 1.93. The summed E-state index contributed by atoms with van der Waals surface area (Å²) in [5.74, 6) is -0.431. The van der Waals surface area contributed by atoms with Crippen LogP contribution in [-0.4, -0.2) is 22.4 Å². The topological polar surface area (TPSA) is 66.9 Å². The molecule has 1 aromatic heterocycles. The Labute approximate surface area is 139 Å². The zero-order valence-corrected chi connectivity index (χ0v) is 13.5. The standard InChI is InChI=1S/C16H18ClFN4O/c1-2-3-4-7-19-16-20-9-11(10-21-16)15(23)22-12-5-6-14(18)13(17)8-12/h5-6,8-10H,2-4,7H2,1H3,(H,22,23)(H,19,20,21). The van der Waals surface area contributed by atoms with E-state index < -0.39 is 5.82 Å². The highest BCUT2D eigenvalue weighted by molar-refractivity contribution is 6.31. The van der Waals surface area contributed by atoms with Crippen molar-refractivity contribution in [1.82, 2.24) is 9.97 Å². The summed E-state index contributed by atoms with van der Waals surface area (Å²) in [5.41, 5.74) is 0.715. The number of anilines is 2. The van der Waals surface area contributed by atoms with Crippen molar-refractivity contribution in [1.29, 1.82) is 0 Å². The van der Waals surface area contributed by atoms with E-state index in [1.54, 1.807) is 0 Å². The Morgan fingerprint density at radius 1 is 1.26 bits per heavy atom. The van der Waals surface area contributed by atoms with Gasteiger partial charge in [0, 0.05) is 24.6 Å². The number of hydrogen-bond acceptors (Lipinski definition) is 4. The van der Waals surface area contributed by atoms with E-state index in [9.17, 15) is 9.18 Å². The third-order valence-electron chi connectivity index (χ3n) is 3.15. The van der Waals surface area contributed by atoms with Gasteiger partial charge in [-0.2, -0.15) is 0 Å². The number of carbonyl (C=O) groups excluding carboxylic acids is 1. The number of carbonyl (C=O) groups is 1. The lowest BCUT2D eigenvalue weighted by Gasteiger charge is -2.07. The highest BCUT2D eigenvalue weighted by Crippen LogP contribution is 2.19. The van der Waals surface area contributed by atoms with E-state index in [2.05, 4.69) is 27.5 Å². The Morgan fingerprint density at radius 3 is 2.65 bits per heavy atom. The lowest BCUT2D eigenvalue weighted by atomic mass is 10.2. The summed E-state index contributed by atoms with van der Waals surface area (Å²) in [6, 6.07) is 3.97. The Bertz CT molecular complexity index is 664. The maximum atomic E-state index is 13.1. The van der Waals surface area contributed by atoms with Crippen molar-refractivity contribution in [2.75, 3.05) is 17.2 Å². The first-order chi connectivity index (χ1) is 11.1. The lowest BCUT2D eigenvalue weighted by molar-refractivity contribution is 0.102. The van der Waals surface area contributed by atoms with Crippen molar-refractivity contribution >= 4 is 29.1 Å². The summed E-state index contributed by atoms with van der Waals surface area (Å²) in [5, 5.41) is 5.66. The third kappa shape index (κ3) is 5.17. The first-order valence-electron chi connectivity index (χ1n) is 7.42. The van der Waals surface area contributed by atoms with Gasteiger partial charge in [-0.05, 0) is 24.6 Å². The van der Waals surface area contributed by atoms with Crippen LogP contribution >= 0.6 is 11.6 Å². The molecule has 2 aromatic rings. The second-order valence-electron chi connectivity index (χ2n) is 5.01. The number of rotatable bonds is 7. The molecule has 0 aliphatic carbocycles. The molecule has 2 rings (SSSR count). The molecular formula is C16H18ClFN4O. The van der Waals surface area contributed by atoms with Gasteiger partial charge in [0.05, 0.1) is 10.6 Å². The molecule has 0 saturated carbocycles. The molecule has 23 heavy (non-hydrogen) atoms. The zero-order chi connectivity index (χ0) is 16.7. The van der Waals surface area contributed by atoms with Crippen LogP contribution in [-0.2, 0) is 0 Å². The van der Waals surface area contributed by atoms with E-state index in [4.69, 9.17) is 11.6 Å². The number of benzene rings is 1. The number of halogens is 2. The molecule has 0 aliphatic heterocycles. The second kappa shape index (κ2) is 8.43. The van der Waals surface area contributed by atoms with Crippen molar-refractivity contribution < 1.29 is 9.18 Å². The maximum Gasteiger partial charge on any atom is 0.258 e. The molecule has 0 bridgehead atoms. The fourth-order valence-corrected chi connectivity index (χ4v) is 2.07. The summed E-state index contributed by atoms with van der Waals surface area (Å²) in [6.45, 7) is 2.94. The first-order valence-corrected chi connectivity index (χ1v) is 7.80. The van der Waals surface area contributed by atoms with Gasteiger partial charge in [0.15, 0.2) is 0 Å². The zero-order valence-electron chi connectivity index (χ0n) is 12.8. The Kier molecular flexibility index (Phi) is 6.29. The van der Waals surface area contributed by atoms with Crippen LogP contribution in [0.3, 0.4) is 0 Å². The van der Waals surface area contributed by atoms with Gasteiger partial charge in [-0.15, -0.1) is 0 Å². The number of nitrogens with zero attached hydrogens (tertiary/aromatic N) is 2. The van der Waals surface area contributed by atoms with Gasteiger partial charge < -0.3 is 10.6 Å². The molecule has 0 saturated heterocycles. The molecule has 0 radical (unpaired) electrons. The molecule has 1 aromatic carbocycles. The average molecular weight is 337 g/mol. The second-order valence-corrected chi connectivity index (χ2v) is 5.42. The van der Waals surface area contributed by atoms with Crippen molar-refractivity contribution in [3.63, 3.8) is 0 Å². The van der Waals surface area contributed by atoms with Crippen LogP contribution in [0.4, 0.5) is 16.0 Å². The molecule has 5 nitrogen and oxygen atoms in total. The molecule has 2 N–H and O–H groups in total. The van der Waals surface area contributed by atoms with E-state index in [1.165, 1.54) is 30.6 Å². The fourth-order valence-electron chi connectivity index (χ4n) is 1.89. The van der Waals surface area contributed by atoms with Crippen LogP contribution in [0, 0.1) is 5.82 Å². The van der Waals surface area contributed by atoms with Crippen molar-refractivity contribution in [3.05, 3.63) is 47.0 Å². The summed E-state index contributed by atoms with van der Waals surface area (Å²) >= 11 is 5.68. The largest absolute Gasteiger partial charge is 0.354 e. The minimum absolute atomic E-state index is 0.0503. The third-order valence-corrected chi connectivity index (χ3v) is 3.44. The van der Waals surface area contributed by atoms with Gasteiger partial charge in [0.2, 0.25) is 5.95 Å². The van der Waals surface area contributed by atoms with E-state index in [0.717, 1.165) is 25.8 Å². The smallest absolute Gasteiger partial charge is 0.258 e. The fraction of sp³-hybridized carbons (Fsp3) is 0.312. The van der Waals surface area contributed by atoms with Gasteiger partial charge in [0.1, 0.15) is 5.82 Å². The quantitative estimate of drug-likeness (QED) is 0.746. The number of amides is 1. The number of unbranched alkanes of at least 4 members (excludes halogenated alkanes) is 2. The molecule has 0 fully saturated rings. The molecule has 7 heteroatoms. The number of nitrogens with one attached hydrogen (secondary N) is 2. The van der Waals surface area contributed by atoms with Crippen LogP contribution in [0.5, 0.6) is 0 Å². The Hall–Kier alpha value is -2.21. The van der Waals surface area contributed by atoms with Gasteiger partial charge in [0.25, 0.3) is 5.91 Å². The summed E-state index contributed by atoms with van der Waals surface area (Å²) in [4.78, 5) is 20.3. The normalized spacial score (nSPS) is 10.4. The lowest BCUT2D eigenvalue weighted by Crippen LogP contribution is -2.13. The monoisotopic (exact) mass is 336 g/mol. The maximum absolute atomic E-state index is 13.1. The van der Waals surface area contributed by atoms with E-state index in [-0.39, 0.29) is 10.9 Å². The molecule has 0 aliphatic rings. The molecule has 0 unspecified atom stereocenters. The van der Waals surface area contributed by atoms with Crippen LogP contribution in [0.1, 0.15) is 36.5 Å². The van der Waals surface area contributed by atoms with Gasteiger partial charge in [-0.3, -0.25) is 4.79 Å². The summed E-state index contributed by atoms with van der Waals surface area (Å²) < 4.78 is 13.1. The molecule has 1 heterocycles. The van der Waals surface area contributed by atoms with Crippen LogP contribution in [0.2, 0.25) is 5.02 Å². The molecule has 0 atom stereocenters. The van der Waals surface area contributed by atoms with E-state index in [1.807, 2.05) is 0 Å². The molecule has 0 spiro atoms. The molecular weight excluding hydrogens is 319 g/mol. The predicted octanol–water partition coefficient (Wildman–Crippen LogP) is 4.12. The molecule has 1 amide bonds. The van der Waals surface area contributed by atoms with E-state index >= 15 is 0 Å². The highest BCUT2D eigenvalue weighted by Gasteiger charge is 2.09. The predicted molar refractivity (Wildman–Crippen MR) is 89.4 cm³/mol. The van der Waals surface area contributed by atoms with Crippen LogP contribution < -0.4 is 10.6 Å². The molecule has 122 valence electrons. The van der Waals surface area contributed by atoms with Crippen molar-refractivity contribution in [3.8, 4) is 0 Å². The minimum Gasteiger partial charge on any atom is -0.354 e. The SMILES string of the molecule is CCCCCNc1ncc(C(=O)Nc2ccc(F)c(Cl)c2)cn1. The van der Waals surface area contributed by atoms with Gasteiger partial charge in [-0.25, -0.2) is 14.4 Å². The highest BCUT2D eigenvalue weighted by atomic mass is 35.5. The van der Waals surface area contributed by atoms with E-state index in [0.29, 0.717) is 17.2 Å². The number of aromatic nitrogens is 2.